The molecule has 0 aliphatic rings. The number of hydrogen-bond donors (Lipinski definition) is 2. The molecule has 2 N–H and O–H groups in total. The van der Waals surface area contributed by atoms with Crippen LogP contribution in [0.15, 0.2) is 47.1 Å². The summed E-state index contributed by atoms with van der Waals surface area (Å²) in [5, 5.41) is 5.74. The second-order valence-corrected chi connectivity index (χ2v) is 6.04. The van der Waals surface area contributed by atoms with Crippen LogP contribution in [0.3, 0.4) is 0 Å². The van der Waals surface area contributed by atoms with Gasteiger partial charge >= 0.3 is 0 Å². The minimum atomic E-state index is -0.298. The Morgan fingerprint density at radius 1 is 1.19 bits per heavy atom. The molecule has 3 rings (SSSR count). The highest BCUT2D eigenvalue weighted by Crippen LogP contribution is 2.21. The van der Waals surface area contributed by atoms with E-state index in [1.54, 1.807) is 25.3 Å². The summed E-state index contributed by atoms with van der Waals surface area (Å²) in [6, 6.07) is 10.9. The van der Waals surface area contributed by atoms with Gasteiger partial charge in [-0.25, -0.2) is 4.98 Å². The predicted octanol–water partition coefficient (Wildman–Crippen LogP) is 2.53. The van der Waals surface area contributed by atoms with E-state index in [-0.39, 0.29) is 24.4 Å². The molecule has 0 aliphatic heterocycles. The fourth-order valence-corrected chi connectivity index (χ4v) is 2.80. The van der Waals surface area contributed by atoms with Crippen molar-refractivity contribution in [2.24, 2.45) is 0 Å². The molecule has 0 spiro atoms. The van der Waals surface area contributed by atoms with Gasteiger partial charge in [-0.3, -0.25) is 9.59 Å². The van der Waals surface area contributed by atoms with E-state index < -0.39 is 0 Å². The Hall–Kier alpha value is -3.09. The van der Waals surface area contributed by atoms with Crippen molar-refractivity contribution >= 4 is 22.8 Å². The number of carbonyl (C=O) groups excluding carboxylic acids is 2. The van der Waals surface area contributed by atoms with Crippen molar-refractivity contribution in [2.75, 3.05) is 0 Å². The molecule has 0 saturated carbocycles. The van der Waals surface area contributed by atoms with E-state index in [4.69, 9.17) is 4.42 Å². The highest BCUT2D eigenvalue weighted by atomic mass is 16.3. The maximum Gasteiger partial charge on any atom is 0.240 e. The number of rotatable bonds is 7. The van der Waals surface area contributed by atoms with Crippen LogP contribution in [0, 0.1) is 0 Å². The van der Waals surface area contributed by atoms with Crippen molar-refractivity contribution in [3.63, 3.8) is 0 Å². The van der Waals surface area contributed by atoms with Gasteiger partial charge in [-0.1, -0.05) is 19.1 Å². The molecule has 0 saturated heterocycles. The number of aromatic nitrogens is 2. The number of benzene rings is 1. The Bertz CT molecular complexity index is 899. The van der Waals surface area contributed by atoms with E-state index in [0.717, 1.165) is 11.0 Å². The lowest BCUT2D eigenvalue weighted by molar-refractivity contribution is -0.122. The fraction of sp³-hybridized carbons (Fsp3) is 0.316. The highest BCUT2D eigenvalue weighted by molar-refractivity contribution is 5.81. The van der Waals surface area contributed by atoms with Crippen LogP contribution in [0.1, 0.15) is 37.9 Å². The first-order valence-corrected chi connectivity index (χ1v) is 8.62. The van der Waals surface area contributed by atoms with Crippen LogP contribution in [0.2, 0.25) is 0 Å². The Morgan fingerprint density at radius 2 is 2.00 bits per heavy atom. The lowest BCUT2D eigenvalue weighted by atomic mass is 10.3. The van der Waals surface area contributed by atoms with E-state index in [9.17, 15) is 9.59 Å². The SMILES string of the molecule is CCC(=O)NC(C)c1nc2ccccc2n1CC(=O)NCc1ccco1. The van der Waals surface area contributed by atoms with Crippen molar-refractivity contribution in [1.82, 2.24) is 20.2 Å². The molecule has 0 fully saturated rings. The number of nitrogens with one attached hydrogen (secondary N) is 2. The van der Waals surface area contributed by atoms with Crippen LogP contribution >= 0.6 is 0 Å². The number of furan rings is 1. The lowest BCUT2D eigenvalue weighted by Crippen LogP contribution is -2.31. The average Bonchev–Trinajstić information content (AvgIpc) is 3.28. The summed E-state index contributed by atoms with van der Waals surface area (Å²) in [5.41, 5.74) is 1.65. The smallest absolute Gasteiger partial charge is 0.240 e. The van der Waals surface area contributed by atoms with E-state index >= 15 is 0 Å². The van der Waals surface area contributed by atoms with E-state index in [1.165, 1.54) is 0 Å². The number of amides is 2. The Labute approximate surface area is 151 Å². The van der Waals surface area contributed by atoms with Crippen molar-refractivity contribution < 1.29 is 14.0 Å². The van der Waals surface area contributed by atoms with Crippen LogP contribution in [0.5, 0.6) is 0 Å². The van der Waals surface area contributed by atoms with Gasteiger partial charge in [0.05, 0.1) is 29.9 Å². The second kappa shape index (κ2) is 7.86. The number of carbonyl (C=O) groups is 2. The maximum atomic E-state index is 12.4. The van der Waals surface area contributed by atoms with E-state index in [2.05, 4.69) is 15.6 Å². The van der Waals surface area contributed by atoms with Crippen molar-refractivity contribution in [3.05, 3.63) is 54.2 Å². The van der Waals surface area contributed by atoms with Gasteiger partial charge in [-0.2, -0.15) is 0 Å². The maximum absolute atomic E-state index is 12.4. The molecular weight excluding hydrogens is 332 g/mol. The second-order valence-electron chi connectivity index (χ2n) is 6.04. The molecule has 26 heavy (non-hydrogen) atoms. The van der Waals surface area contributed by atoms with Gasteiger partial charge in [0, 0.05) is 6.42 Å². The van der Waals surface area contributed by atoms with Crippen molar-refractivity contribution in [1.29, 1.82) is 0 Å². The van der Waals surface area contributed by atoms with Crippen molar-refractivity contribution in [3.8, 4) is 0 Å². The molecule has 1 unspecified atom stereocenters. The van der Waals surface area contributed by atoms with Gasteiger partial charge in [-0.05, 0) is 31.2 Å². The predicted molar refractivity (Wildman–Crippen MR) is 97.1 cm³/mol. The first-order valence-electron chi connectivity index (χ1n) is 8.62. The van der Waals surface area contributed by atoms with Gasteiger partial charge in [0.2, 0.25) is 11.8 Å². The third kappa shape index (κ3) is 3.93. The average molecular weight is 354 g/mol. The molecule has 1 aromatic carbocycles. The third-order valence-corrected chi connectivity index (χ3v) is 4.11. The molecule has 136 valence electrons. The summed E-state index contributed by atoms with van der Waals surface area (Å²) in [6.07, 6.45) is 1.97. The highest BCUT2D eigenvalue weighted by Gasteiger charge is 2.19. The summed E-state index contributed by atoms with van der Waals surface area (Å²) >= 11 is 0. The van der Waals surface area contributed by atoms with Gasteiger partial charge in [0.25, 0.3) is 0 Å². The van der Waals surface area contributed by atoms with Gasteiger partial charge < -0.3 is 19.6 Å². The molecule has 7 nitrogen and oxygen atoms in total. The summed E-state index contributed by atoms with van der Waals surface area (Å²) in [4.78, 5) is 28.8. The number of imidazole rings is 1. The summed E-state index contributed by atoms with van der Waals surface area (Å²) in [5.74, 6) is 1.14. The van der Waals surface area contributed by atoms with Crippen LogP contribution in [0.25, 0.3) is 11.0 Å². The summed E-state index contributed by atoms with van der Waals surface area (Å²) in [7, 11) is 0. The Morgan fingerprint density at radius 3 is 2.73 bits per heavy atom. The first-order chi connectivity index (χ1) is 12.6. The Kier molecular flexibility index (Phi) is 5.36. The third-order valence-electron chi connectivity index (χ3n) is 4.11. The quantitative estimate of drug-likeness (QED) is 0.682. The Balaban J connectivity index is 1.81. The zero-order valence-corrected chi connectivity index (χ0v) is 14.9. The minimum absolute atomic E-state index is 0.0571. The van der Waals surface area contributed by atoms with Crippen LogP contribution in [0.4, 0.5) is 0 Å². The fourth-order valence-electron chi connectivity index (χ4n) is 2.80. The number of hydrogen-bond acceptors (Lipinski definition) is 4. The van der Waals surface area contributed by atoms with E-state index in [1.807, 2.05) is 35.8 Å². The van der Waals surface area contributed by atoms with Crippen molar-refractivity contribution in [2.45, 2.75) is 39.4 Å². The van der Waals surface area contributed by atoms with Crippen LogP contribution in [-0.2, 0) is 22.7 Å². The molecule has 2 heterocycles. The molecule has 2 amide bonds. The number of fused-ring (bicyclic) bond motifs is 1. The van der Waals surface area contributed by atoms with Crippen LogP contribution in [-0.4, -0.2) is 21.4 Å². The lowest BCUT2D eigenvalue weighted by Gasteiger charge is -2.16. The normalized spacial score (nSPS) is 12.1. The van der Waals surface area contributed by atoms with Gasteiger partial charge in [-0.15, -0.1) is 0 Å². The molecule has 3 aromatic rings. The zero-order valence-electron chi connectivity index (χ0n) is 14.9. The zero-order chi connectivity index (χ0) is 18.5. The van der Waals surface area contributed by atoms with Gasteiger partial charge in [0.1, 0.15) is 18.1 Å². The molecular formula is C19H22N4O3. The molecule has 2 aromatic heterocycles. The van der Waals surface area contributed by atoms with Crippen LogP contribution < -0.4 is 10.6 Å². The first kappa shape index (κ1) is 17.7. The summed E-state index contributed by atoms with van der Waals surface area (Å²) < 4.78 is 7.07. The molecule has 1 atom stereocenters. The topological polar surface area (TPSA) is 89.2 Å². The monoisotopic (exact) mass is 354 g/mol. The minimum Gasteiger partial charge on any atom is -0.467 e. The number of para-hydroxylation sites is 2. The number of nitrogens with zero attached hydrogens (tertiary/aromatic N) is 2. The standard InChI is InChI=1S/C19H22N4O3/c1-3-17(24)21-13(2)19-22-15-8-4-5-9-16(15)23(19)12-18(25)20-11-14-7-6-10-26-14/h4-10,13H,3,11-12H2,1-2H3,(H,20,25)(H,21,24). The molecule has 7 heteroatoms. The van der Waals surface area contributed by atoms with E-state index in [0.29, 0.717) is 24.6 Å². The molecule has 0 radical (unpaired) electrons. The molecule has 0 aliphatic carbocycles. The largest absolute Gasteiger partial charge is 0.467 e. The molecule has 0 bridgehead atoms. The van der Waals surface area contributed by atoms with Gasteiger partial charge in [0.15, 0.2) is 0 Å². The summed E-state index contributed by atoms with van der Waals surface area (Å²) in [6.45, 7) is 4.11.